The van der Waals surface area contributed by atoms with Crippen molar-refractivity contribution in [1.82, 2.24) is 9.29 Å². The van der Waals surface area contributed by atoms with Crippen LogP contribution in [0.5, 0.6) is 0 Å². The minimum absolute atomic E-state index is 0.0108. The Morgan fingerprint density at radius 2 is 1.69 bits per heavy atom. The van der Waals surface area contributed by atoms with Crippen LogP contribution in [0.25, 0.3) is 0 Å². The van der Waals surface area contributed by atoms with Crippen molar-refractivity contribution in [3.63, 3.8) is 0 Å². The molecule has 0 spiro atoms. The van der Waals surface area contributed by atoms with Crippen molar-refractivity contribution >= 4 is 44.8 Å². The quantitative estimate of drug-likeness (QED) is 0.514. The van der Waals surface area contributed by atoms with E-state index in [4.69, 9.17) is 39.2 Å². The number of pyridine rings is 1. The number of furan rings is 1. The van der Waals surface area contributed by atoms with Gasteiger partial charge in [0.2, 0.25) is 10.0 Å². The molecule has 0 saturated carbocycles. The van der Waals surface area contributed by atoms with E-state index in [9.17, 15) is 8.42 Å². The maximum atomic E-state index is 13.1. The van der Waals surface area contributed by atoms with E-state index in [-0.39, 0.29) is 23.1 Å². The molecule has 2 aromatic heterocycles. The maximum absolute atomic E-state index is 13.1. The molecule has 1 aromatic carbocycles. The van der Waals surface area contributed by atoms with Gasteiger partial charge in [0, 0.05) is 28.4 Å². The summed E-state index contributed by atoms with van der Waals surface area (Å²) < 4.78 is 32.8. The van der Waals surface area contributed by atoms with Gasteiger partial charge in [-0.2, -0.15) is 4.31 Å². The topological polar surface area (TPSA) is 63.4 Å². The Balaban J connectivity index is 2.01. The number of aromatic nitrogens is 1. The van der Waals surface area contributed by atoms with Crippen LogP contribution in [0.1, 0.15) is 11.3 Å². The Morgan fingerprint density at radius 1 is 0.962 bits per heavy atom. The molecule has 9 heteroatoms. The van der Waals surface area contributed by atoms with Gasteiger partial charge in [-0.3, -0.25) is 0 Å². The fourth-order valence-corrected chi connectivity index (χ4v) is 4.27. The van der Waals surface area contributed by atoms with Crippen molar-refractivity contribution < 1.29 is 12.8 Å². The van der Waals surface area contributed by atoms with Gasteiger partial charge < -0.3 is 4.42 Å². The maximum Gasteiger partial charge on any atom is 0.245 e. The summed E-state index contributed by atoms with van der Waals surface area (Å²) in [5.41, 5.74) is 0.507. The molecule has 3 rings (SSSR count). The molecule has 0 N–H and O–H groups in total. The largest absolute Gasteiger partial charge is 0.468 e. The van der Waals surface area contributed by atoms with E-state index in [0.29, 0.717) is 21.4 Å². The summed E-state index contributed by atoms with van der Waals surface area (Å²) in [6.07, 6.45) is 2.69. The molecule has 136 valence electrons. The molecular weight excluding hydrogens is 419 g/mol. The fraction of sp³-hybridized carbons (Fsp3) is 0.118. The third-order valence-corrected chi connectivity index (χ3v) is 6.35. The highest BCUT2D eigenvalue weighted by atomic mass is 35.5. The van der Waals surface area contributed by atoms with Crippen molar-refractivity contribution in [3.05, 3.63) is 81.4 Å². The number of halogens is 3. The molecule has 0 fully saturated rings. The van der Waals surface area contributed by atoms with Crippen LogP contribution in [0.15, 0.2) is 64.2 Å². The predicted octanol–water partition coefficient (Wildman–Crippen LogP) is 5.03. The molecule has 5 nitrogen and oxygen atoms in total. The SMILES string of the molecule is O=S(=O)(c1ccc(Cl)nc1)N(Cc1ccco1)Cc1c(Cl)cccc1Cl. The lowest BCUT2D eigenvalue weighted by atomic mass is 10.2. The minimum atomic E-state index is -3.89. The lowest BCUT2D eigenvalue weighted by molar-refractivity contribution is 0.358. The van der Waals surface area contributed by atoms with Crippen molar-refractivity contribution in [1.29, 1.82) is 0 Å². The lowest BCUT2D eigenvalue weighted by Crippen LogP contribution is -2.30. The molecule has 26 heavy (non-hydrogen) atoms. The summed E-state index contributed by atoms with van der Waals surface area (Å²) in [7, 11) is -3.89. The highest BCUT2D eigenvalue weighted by Gasteiger charge is 2.27. The van der Waals surface area contributed by atoms with Crippen LogP contribution in [0, 0.1) is 0 Å². The standard InChI is InChI=1S/C17H13Cl3N2O3S/c18-15-4-1-5-16(19)14(15)11-22(10-12-3-2-8-25-12)26(23,24)13-6-7-17(20)21-9-13/h1-9H,10-11H2. The van der Waals surface area contributed by atoms with Crippen molar-refractivity contribution in [2.24, 2.45) is 0 Å². The highest BCUT2D eigenvalue weighted by Crippen LogP contribution is 2.29. The summed E-state index contributed by atoms with van der Waals surface area (Å²) in [5, 5.41) is 0.966. The minimum Gasteiger partial charge on any atom is -0.468 e. The van der Waals surface area contributed by atoms with Gasteiger partial charge in [0.25, 0.3) is 0 Å². The van der Waals surface area contributed by atoms with Crippen molar-refractivity contribution in [2.45, 2.75) is 18.0 Å². The molecule has 2 heterocycles. The second-order valence-electron chi connectivity index (χ2n) is 5.37. The molecular formula is C17H13Cl3N2O3S. The van der Waals surface area contributed by atoms with Gasteiger partial charge in [-0.15, -0.1) is 0 Å². The van der Waals surface area contributed by atoms with E-state index in [1.807, 2.05) is 0 Å². The molecule has 0 aliphatic rings. The van der Waals surface area contributed by atoms with Crippen LogP contribution >= 0.6 is 34.8 Å². The molecule has 3 aromatic rings. The number of rotatable bonds is 6. The zero-order valence-corrected chi connectivity index (χ0v) is 16.4. The first-order chi connectivity index (χ1) is 12.4. The van der Waals surface area contributed by atoms with Crippen LogP contribution in [-0.4, -0.2) is 17.7 Å². The molecule has 0 saturated heterocycles. The Hall–Kier alpha value is -1.57. The van der Waals surface area contributed by atoms with E-state index in [1.165, 1.54) is 28.9 Å². The van der Waals surface area contributed by atoms with E-state index < -0.39 is 10.0 Å². The van der Waals surface area contributed by atoms with Gasteiger partial charge in [-0.1, -0.05) is 40.9 Å². The third kappa shape index (κ3) is 4.22. The first-order valence-corrected chi connectivity index (χ1v) is 10.0. The highest BCUT2D eigenvalue weighted by molar-refractivity contribution is 7.89. The van der Waals surface area contributed by atoms with Crippen LogP contribution in [0.3, 0.4) is 0 Å². The van der Waals surface area contributed by atoms with Crippen LogP contribution in [-0.2, 0) is 23.1 Å². The number of benzene rings is 1. The zero-order chi connectivity index (χ0) is 18.7. The Morgan fingerprint density at radius 3 is 2.27 bits per heavy atom. The van der Waals surface area contributed by atoms with Crippen LogP contribution in [0.2, 0.25) is 15.2 Å². The van der Waals surface area contributed by atoms with Crippen molar-refractivity contribution in [3.8, 4) is 0 Å². The van der Waals surface area contributed by atoms with Gasteiger partial charge in [0.15, 0.2) is 0 Å². The second kappa shape index (κ2) is 7.98. The van der Waals surface area contributed by atoms with Crippen LogP contribution < -0.4 is 0 Å². The van der Waals surface area contributed by atoms with E-state index in [2.05, 4.69) is 4.98 Å². The summed E-state index contributed by atoms with van der Waals surface area (Å²) in [5.74, 6) is 0.485. The normalized spacial score (nSPS) is 11.8. The second-order valence-corrected chi connectivity index (χ2v) is 8.51. The first kappa shape index (κ1) is 19.2. The molecule has 0 atom stereocenters. The number of sulfonamides is 1. The van der Waals surface area contributed by atoms with Crippen LogP contribution in [0.4, 0.5) is 0 Å². The van der Waals surface area contributed by atoms with Gasteiger partial charge >= 0.3 is 0 Å². The molecule has 0 bridgehead atoms. The molecule has 0 amide bonds. The zero-order valence-electron chi connectivity index (χ0n) is 13.3. The molecule has 0 aliphatic heterocycles. The van der Waals surface area contributed by atoms with Gasteiger partial charge in [-0.25, -0.2) is 13.4 Å². The summed E-state index contributed by atoms with van der Waals surface area (Å²) in [4.78, 5) is 3.86. The molecule has 0 unspecified atom stereocenters. The first-order valence-electron chi connectivity index (χ1n) is 7.45. The number of nitrogens with zero attached hydrogens (tertiary/aromatic N) is 2. The number of hydrogen-bond donors (Lipinski definition) is 0. The fourth-order valence-electron chi connectivity index (χ4n) is 2.33. The lowest BCUT2D eigenvalue weighted by Gasteiger charge is -2.22. The molecule has 0 radical (unpaired) electrons. The Bertz CT molecular complexity index is 970. The molecule has 0 aliphatic carbocycles. The van der Waals surface area contributed by atoms with E-state index >= 15 is 0 Å². The van der Waals surface area contributed by atoms with Gasteiger partial charge in [0.1, 0.15) is 15.8 Å². The van der Waals surface area contributed by atoms with Gasteiger partial charge in [-0.05, 0) is 36.4 Å². The summed E-state index contributed by atoms with van der Waals surface area (Å²) in [6.45, 7) is -0.0102. The number of hydrogen-bond acceptors (Lipinski definition) is 4. The predicted molar refractivity (Wildman–Crippen MR) is 101 cm³/mol. The Labute approximate surface area is 166 Å². The Kier molecular flexibility index (Phi) is 5.89. The summed E-state index contributed by atoms with van der Waals surface area (Å²) in [6, 6.07) is 11.2. The van der Waals surface area contributed by atoms with Crippen molar-refractivity contribution in [2.75, 3.05) is 0 Å². The monoisotopic (exact) mass is 430 g/mol. The van der Waals surface area contributed by atoms with E-state index in [1.54, 1.807) is 30.3 Å². The average molecular weight is 432 g/mol. The summed E-state index contributed by atoms with van der Waals surface area (Å²) >= 11 is 18.2. The van der Waals surface area contributed by atoms with Gasteiger partial charge in [0.05, 0.1) is 12.8 Å². The van der Waals surface area contributed by atoms with E-state index in [0.717, 1.165) is 0 Å². The average Bonchev–Trinajstić information content (AvgIpc) is 3.10. The smallest absolute Gasteiger partial charge is 0.245 e. The third-order valence-electron chi connectivity index (χ3n) is 3.65.